The number of aryl methyl sites for hydroxylation is 1. The van der Waals surface area contributed by atoms with E-state index in [0.717, 1.165) is 6.08 Å². The second-order valence-electron chi connectivity index (χ2n) is 10.7. The molecule has 0 fully saturated rings. The second kappa shape index (κ2) is 9.10. The van der Waals surface area contributed by atoms with E-state index in [1.54, 1.807) is 0 Å². The molecular weight excluding hydrogens is 582 g/mol. The highest BCUT2D eigenvalue weighted by Crippen LogP contribution is 2.55. The maximum atomic E-state index is 12.9. The van der Waals surface area contributed by atoms with E-state index in [9.17, 15) is 44.4 Å². The van der Waals surface area contributed by atoms with Gasteiger partial charge in [-0.3, -0.25) is 19.2 Å². The number of fused-ring (bicyclic) bond motifs is 4. The Morgan fingerprint density at radius 1 is 0.932 bits per heavy atom. The Kier molecular flexibility index (Phi) is 5.60. The zero-order chi connectivity index (χ0) is 31.2. The van der Waals surface area contributed by atoms with Crippen LogP contribution in [-0.4, -0.2) is 56.6 Å². The van der Waals surface area contributed by atoms with Gasteiger partial charge in [0.25, 0.3) is 11.7 Å². The van der Waals surface area contributed by atoms with Gasteiger partial charge in [0.05, 0.1) is 24.7 Å². The van der Waals surface area contributed by atoms with Gasteiger partial charge in [0.1, 0.15) is 22.6 Å². The number of carbonyl (C=O) groups is 4. The summed E-state index contributed by atoms with van der Waals surface area (Å²) in [5, 5.41) is 45.1. The first-order valence-corrected chi connectivity index (χ1v) is 13.4. The molecule has 0 bridgehead atoms. The minimum absolute atomic E-state index is 0.0115. The molecule has 7 rings (SSSR count). The number of phenols is 3. The lowest BCUT2D eigenvalue weighted by atomic mass is 9.87. The van der Waals surface area contributed by atoms with Gasteiger partial charge in [-0.15, -0.1) is 0 Å². The molecule has 0 saturated heterocycles. The van der Waals surface area contributed by atoms with Crippen LogP contribution in [0, 0.1) is 0 Å². The first-order valence-electron chi connectivity index (χ1n) is 13.4. The number of aromatic hydroxyl groups is 3. The minimum Gasteiger partial charge on any atom is -0.510 e. The van der Waals surface area contributed by atoms with Crippen molar-refractivity contribution in [3.8, 4) is 28.7 Å². The van der Waals surface area contributed by atoms with Crippen molar-refractivity contribution in [1.82, 2.24) is 5.32 Å². The molecule has 14 heteroatoms. The molecule has 2 aliphatic carbocycles. The number of allylic oxidation sites excluding steroid dienone is 4. The molecule has 5 N–H and O–H groups in total. The fourth-order valence-corrected chi connectivity index (χ4v) is 6.02. The third kappa shape index (κ3) is 3.70. The summed E-state index contributed by atoms with van der Waals surface area (Å²) in [4.78, 5) is 63.2. The summed E-state index contributed by atoms with van der Waals surface area (Å²) in [6.07, 6.45) is 1.13. The maximum Gasteiger partial charge on any atom is 0.348 e. The number of carbonyl (C=O) groups excluding carboxylic acids is 4. The average Bonchev–Trinajstić information content (AvgIpc) is 3.52. The molecular formula is C30H21NO13. The molecule has 1 unspecified atom stereocenters. The van der Waals surface area contributed by atoms with Crippen LogP contribution in [-0.2, 0) is 22.4 Å². The molecule has 224 valence electrons. The number of ketones is 3. The predicted octanol–water partition coefficient (Wildman–Crippen LogP) is 2.34. The molecule has 1 aromatic heterocycles. The van der Waals surface area contributed by atoms with Gasteiger partial charge in [-0.25, -0.2) is 4.79 Å². The van der Waals surface area contributed by atoms with Crippen molar-refractivity contribution in [2.45, 2.75) is 37.9 Å². The molecule has 0 saturated carbocycles. The Morgan fingerprint density at radius 2 is 1.68 bits per heavy atom. The fourth-order valence-electron chi connectivity index (χ4n) is 6.02. The van der Waals surface area contributed by atoms with Gasteiger partial charge >= 0.3 is 5.63 Å². The zero-order valence-electron chi connectivity index (χ0n) is 22.7. The number of hydrogen-bond acceptors (Lipinski definition) is 13. The van der Waals surface area contributed by atoms with E-state index in [1.807, 2.05) is 0 Å². The summed E-state index contributed by atoms with van der Waals surface area (Å²) in [6.45, 7) is 0. The van der Waals surface area contributed by atoms with Crippen molar-refractivity contribution < 1.29 is 58.2 Å². The lowest BCUT2D eigenvalue weighted by molar-refractivity contribution is -0.115. The molecule has 14 nitrogen and oxygen atoms in total. The summed E-state index contributed by atoms with van der Waals surface area (Å²) in [7, 11) is 1.18. The third-order valence-electron chi connectivity index (χ3n) is 8.15. The van der Waals surface area contributed by atoms with Crippen LogP contribution in [0.15, 0.2) is 44.6 Å². The first kappa shape index (κ1) is 27.1. The van der Waals surface area contributed by atoms with E-state index in [0.29, 0.717) is 5.56 Å². The number of methoxy groups -OCH3 is 1. The molecule has 0 radical (unpaired) electrons. The van der Waals surface area contributed by atoms with Crippen LogP contribution in [0.3, 0.4) is 0 Å². The number of rotatable bonds is 3. The molecule has 1 amide bonds. The van der Waals surface area contributed by atoms with E-state index in [-0.39, 0.29) is 77.2 Å². The van der Waals surface area contributed by atoms with Gasteiger partial charge in [0.2, 0.25) is 5.78 Å². The molecule has 1 atom stereocenters. The topological polar surface area (TPSA) is 219 Å². The lowest BCUT2D eigenvalue weighted by Crippen LogP contribution is -2.44. The Morgan fingerprint density at radius 3 is 2.39 bits per heavy atom. The standard InChI is InChI=1S/C30H21NO13/c1-41-16-8-15(34)19-20(23(16)36)25(38)27-12(22(19)35)9-30(44-27)5-4-10-6-11-7-17(28(39)31-21-13(32)2-3-14(21)33)42-29(40)18(11)24(37)26(10)43-30/h6-8,32,35,37-38H,2-5,9H2,1H3,(H,31,39). The van der Waals surface area contributed by atoms with Crippen molar-refractivity contribution in [2.75, 3.05) is 7.11 Å². The minimum atomic E-state index is -1.60. The Balaban J connectivity index is 1.24. The smallest absolute Gasteiger partial charge is 0.348 e. The summed E-state index contributed by atoms with van der Waals surface area (Å²) in [6, 6.07) is 2.71. The number of nitrogens with one attached hydrogen (secondary N) is 1. The number of aliphatic hydroxyl groups excluding tert-OH is 1. The molecule has 1 spiro atoms. The number of aliphatic hydroxyl groups is 1. The lowest BCUT2D eigenvalue weighted by Gasteiger charge is -2.35. The second-order valence-corrected chi connectivity index (χ2v) is 10.7. The molecule has 44 heavy (non-hydrogen) atoms. The summed E-state index contributed by atoms with van der Waals surface area (Å²) >= 11 is 0. The number of Topliss-reactive ketones (excluding diaryl/α,β-unsaturated/α-hetero) is 2. The Bertz CT molecular complexity index is 2050. The number of benzene rings is 2. The molecule has 2 aliphatic heterocycles. The predicted molar refractivity (Wildman–Crippen MR) is 145 cm³/mol. The van der Waals surface area contributed by atoms with E-state index in [4.69, 9.17) is 18.6 Å². The highest BCUT2D eigenvalue weighted by atomic mass is 16.7. The Hall–Kier alpha value is -5.79. The summed E-state index contributed by atoms with van der Waals surface area (Å²) in [5.74, 6) is -7.96. The summed E-state index contributed by atoms with van der Waals surface area (Å²) < 4.78 is 22.1. The van der Waals surface area contributed by atoms with Gasteiger partial charge in [-0.05, 0) is 29.5 Å². The van der Waals surface area contributed by atoms with Crippen LogP contribution < -0.4 is 20.4 Å². The molecule has 2 aromatic carbocycles. The van der Waals surface area contributed by atoms with Crippen LogP contribution in [0.25, 0.3) is 10.8 Å². The van der Waals surface area contributed by atoms with Crippen LogP contribution in [0.1, 0.15) is 61.7 Å². The van der Waals surface area contributed by atoms with E-state index in [2.05, 4.69) is 5.32 Å². The van der Waals surface area contributed by atoms with Crippen LogP contribution in [0.4, 0.5) is 0 Å². The number of ether oxygens (including phenoxy) is 3. The van der Waals surface area contributed by atoms with Crippen molar-refractivity contribution in [2.24, 2.45) is 0 Å². The van der Waals surface area contributed by atoms with Crippen molar-refractivity contribution >= 4 is 34.0 Å². The largest absolute Gasteiger partial charge is 0.510 e. The molecule has 4 aliphatic rings. The van der Waals surface area contributed by atoms with Gasteiger partial charge in [0.15, 0.2) is 46.1 Å². The number of phenolic OH excluding ortho intramolecular Hbond substituents is 3. The van der Waals surface area contributed by atoms with E-state index in [1.165, 1.54) is 19.2 Å². The van der Waals surface area contributed by atoms with Crippen LogP contribution >= 0.6 is 0 Å². The number of hydrogen-bond donors (Lipinski definition) is 5. The SMILES string of the molecule is COC1=CC(=O)c2c(O)c3c(c(O)c2C1=O)OC1(CCc2cc4cc(C(=O)NC5=C(O)CCC5=O)oc(=O)c4c(O)c2O1)C3. The molecule has 3 aromatic rings. The first-order chi connectivity index (χ1) is 20.9. The van der Waals surface area contributed by atoms with E-state index >= 15 is 0 Å². The van der Waals surface area contributed by atoms with Crippen LogP contribution in [0.5, 0.6) is 28.7 Å². The molecule has 3 heterocycles. The highest BCUT2D eigenvalue weighted by Gasteiger charge is 2.50. The Labute approximate surface area is 245 Å². The van der Waals surface area contributed by atoms with Crippen molar-refractivity contribution in [3.63, 3.8) is 0 Å². The quantitative estimate of drug-likeness (QED) is 0.272. The van der Waals surface area contributed by atoms with Gasteiger partial charge in [0, 0.05) is 30.9 Å². The summed E-state index contributed by atoms with van der Waals surface area (Å²) in [5.41, 5.74) is -1.81. The monoisotopic (exact) mass is 603 g/mol. The highest BCUT2D eigenvalue weighted by molar-refractivity contribution is 6.26. The van der Waals surface area contributed by atoms with E-state index < -0.39 is 68.8 Å². The van der Waals surface area contributed by atoms with Gasteiger partial charge < -0.3 is 44.4 Å². The normalized spacial score (nSPS) is 20.2. The van der Waals surface area contributed by atoms with Crippen LogP contribution in [0.2, 0.25) is 0 Å². The number of amides is 1. The zero-order valence-corrected chi connectivity index (χ0v) is 22.7. The average molecular weight is 603 g/mol. The van der Waals surface area contributed by atoms with Crippen molar-refractivity contribution in [3.05, 3.63) is 73.9 Å². The maximum absolute atomic E-state index is 12.9. The third-order valence-corrected chi connectivity index (χ3v) is 8.15. The van der Waals surface area contributed by atoms with Gasteiger partial charge in [-0.2, -0.15) is 0 Å². The van der Waals surface area contributed by atoms with Crippen molar-refractivity contribution in [1.29, 1.82) is 0 Å². The fraction of sp³-hybridized carbons (Fsp3) is 0.233. The van der Waals surface area contributed by atoms with Gasteiger partial charge in [-0.1, -0.05) is 0 Å².